The van der Waals surface area contributed by atoms with Gasteiger partial charge in [-0.3, -0.25) is 4.79 Å². The Bertz CT molecular complexity index is 624. The average molecular weight is 322 g/mol. The van der Waals surface area contributed by atoms with Gasteiger partial charge in [-0.2, -0.15) is 0 Å². The first-order valence-corrected chi connectivity index (χ1v) is 7.81. The summed E-state index contributed by atoms with van der Waals surface area (Å²) in [7, 11) is 0. The van der Waals surface area contributed by atoms with E-state index >= 15 is 0 Å². The van der Waals surface area contributed by atoms with Gasteiger partial charge in [-0.05, 0) is 32.4 Å². The number of carbonyl (C=O) groups is 2. The van der Waals surface area contributed by atoms with E-state index in [4.69, 9.17) is 16.3 Å². The van der Waals surface area contributed by atoms with Crippen molar-refractivity contribution in [2.75, 3.05) is 13.2 Å². The molecule has 1 unspecified atom stereocenters. The topological polar surface area (TPSA) is 46.6 Å². The molecule has 0 bridgehead atoms. The van der Waals surface area contributed by atoms with Gasteiger partial charge in [0, 0.05) is 29.6 Å². The summed E-state index contributed by atoms with van der Waals surface area (Å²) in [5.41, 5.74) is 1.97. The van der Waals surface area contributed by atoms with Crippen LogP contribution in [0, 0.1) is 0 Å². The Hall–Kier alpha value is -1.81. The van der Waals surface area contributed by atoms with Gasteiger partial charge in [-0.25, -0.2) is 4.79 Å². The van der Waals surface area contributed by atoms with Gasteiger partial charge in [-0.15, -0.1) is 0 Å². The molecule has 1 aromatic rings. The predicted molar refractivity (Wildman–Crippen MR) is 85.5 cm³/mol. The van der Waals surface area contributed by atoms with E-state index in [1.54, 1.807) is 24.8 Å². The third-order valence-corrected chi connectivity index (χ3v) is 4.26. The summed E-state index contributed by atoms with van der Waals surface area (Å²) >= 11 is 6.27. The Labute approximate surface area is 135 Å². The van der Waals surface area contributed by atoms with Gasteiger partial charge in [0.25, 0.3) is 0 Å². The number of ether oxygens (including phenoxy) is 1. The quantitative estimate of drug-likeness (QED) is 0.797. The van der Waals surface area contributed by atoms with Crippen LogP contribution in [-0.2, 0) is 14.3 Å². The third kappa shape index (κ3) is 3.02. The van der Waals surface area contributed by atoms with Crippen LogP contribution in [-0.4, -0.2) is 29.9 Å². The fourth-order valence-electron chi connectivity index (χ4n) is 2.91. The zero-order chi connectivity index (χ0) is 16.3. The van der Waals surface area contributed by atoms with Crippen LogP contribution in [0.1, 0.15) is 38.7 Å². The lowest BCUT2D eigenvalue weighted by Gasteiger charge is -2.34. The molecule has 0 aromatic heterocycles. The van der Waals surface area contributed by atoms with Crippen LogP contribution in [0.4, 0.5) is 0 Å². The molecule has 0 radical (unpaired) electrons. The van der Waals surface area contributed by atoms with Crippen molar-refractivity contribution in [1.29, 1.82) is 0 Å². The van der Waals surface area contributed by atoms with E-state index in [0.717, 1.165) is 5.56 Å². The lowest BCUT2D eigenvalue weighted by atomic mass is 9.83. The van der Waals surface area contributed by atoms with Crippen LogP contribution in [0.5, 0.6) is 0 Å². The highest BCUT2D eigenvalue weighted by Gasteiger charge is 2.36. The lowest BCUT2D eigenvalue weighted by molar-refractivity contribution is -0.140. The molecule has 4 nitrogen and oxygen atoms in total. The van der Waals surface area contributed by atoms with Crippen LogP contribution in [0.15, 0.2) is 35.5 Å². The minimum absolute atomic E-state index is 0.00188. The van der Waals surface area contributed by atoms with Crippen molar-refractivity contribution < 1.29 is 14.3 Å². The van der Waals surface area contributed by atoms with Gasteiger partial charge in [0.1, 0.15) is 0 Å². The van der Waals surface area contributed by atoms with E-state index in [1.807, 2.05) is 25.1 Å². The lowest BCUT2D eigenvalue weighted by Crippen LogP contribution is -2.38. The van der Waals surface area contributed by atoms with Crippen LogP contribution in [0.3, 0.4) is 0 Å². The fraction of sp³-hybridized carbons (Fsp3) is 0.412. The Morgan fingerprint density at radius 3 is 2.64 bits per heavy atom. The minimum atomic E-state index is -0.379. The smallest absolute Gasteiger partial charge is 0.336 e. The number of hydrogen-bond donors (Lipinski definition) is 0. The van der Waals surface area contributed by atoms with Crippen molar-refractivity contribution >= 4 is 23.5 Å². The first kappa shape index (κ1) is 16.6. The number of carbonyl (C=O) groups excluding carboxylic acids is 2. The highest BCUT2D eigenvalue weighted by molar-refractivity contribution is 6.31. The zero-order valence-corrected chi connectivity index (χ0v) is 13.8. The molecule has 118 valence electrons. The molecular formula is C17H20ClNO3. The van der Waals surface area contributed by atoms with E-state index < -0.39 is 0 Å². The molecule has 1 heterocycles. The number of allylic oxidation sites excluding steroid dienone is 1. The molecule has 1 aliphatic heterocycles. The summed E-state index contributed by atoms with van der Waals surface area (Å²) in [4.78, 5) is 26.4. The average Bonchev–Trinajstić information content (AvgIpc) is 2.47. The van der Waals surface area contributed by atoms with Crippen molar-refractivity contribution in [3.63, 3.8) is 0 Å². The van der Waals surface area contributed by atoms with Crippen molar-refractivity contribution in [3.8, 4) is 0 Å². The van der Waals surface area contributed by atoms with Crippen molar-refractivity contribution in [1.82, 2.24) is 4.90 Å². The van der Waals surface area contributed by atoms with E-state index in [-0.39, 0.29) is 24.2 Å². The first-order valence-electron chi connectivity index (χ1n) is 7.43. The molecule has 0 saturated carbocycles. The summed E-state index contributed by atoms with van der Waals surface area (Å²) in [5.74, 6) is -0.739. The molecule has 22 heavy (non-hydrogen) atoms. The van der Waals surface area contributed by atoms with Crippen molar-refractivity contribution in [3.05, 3.63) is 46.1 Å². The number of hydrogen-bond acceptors (Lipinski definition) is 3. The minimum Gasteiger partial charge on any atom is -0.463 e. The Morgan fingerprint density at radius 1 is 1.36 bits per heavy atom. The maximum atomic E-state index is 12.4. The summed E-state index contributed by atoms with van der Waals surface area (Å²) < 4.78 is 5.19. The Morgan fingerprint density at radius 2 is 2.05 bits per heavy atom. The SMILES string of the molecule is CCOC(=O)C1=C(C)N(CC)C(=O)CC1c1ccccc1Cl. The molecule has 1 atom stereocenters. The van der Waals surface area contributed by atoms with Crippen molar-refractivity contribution in [2.45, 2.75) is 33.1 Å². The van der Waals surface area contributed by atoms with E-state index in [9.17, 15) is 9.59 Å². The number of halogens is 1. The molecule has 2 rings (SSSR count). The molecule has 0 aliphatic carbocycles. The number of benzene rings is 1. The Kier molecular flexibility index (Phi) is 5.24. The molecule has 1 aromatic carbocycles. The van der Waals surface area contributed by atoms with Gasteiger partial charge < -0.3 is 9.64 Å². The molecule has 1 aliphatic rings. The van der Waals surface area contributed by atoms with Crippen molar-refractivity contribution in [2.24, 2.45) is 0 Å². The van der Waals surface area contributed by atoms with Gasteiger partial charge in [-0.1, -0.05) is 29.8 Å². The second kappa shape index (κ2) is 6.97. The van der Waals surface area contributed by atoms with E-state index in [1.165, 1.54) is 0 Å². The molecule has 0 fully saturated rings. The fourth-order valence-corrected chi connectivity index (χ4v) is 3.17. The number of nitrogens with zero attached hydrogens (tertiary/aromatic N) is 1. The first-order chi connectivity index (χ1) is 10.5. The van der Waals surface area contributed by atoms with Gasteiger partial charge in [0.15, 0.2) is 0 Å². The Balaban J connectivity index is 2.56. The predicted octanol–water partition coefficient (Wildman–Crippen LogP) is 3.51. The summed E-state index contributed by atoms with van der Waals surface area (Å²) in [5, 5.41) is 0.555. The van der Waals surface area contributed by atoms with Gasteiger partial charge in [0.05, 0.1) is 12.2 Å². The zero-order valence-electron chi connectivity index (χ0n) is 13.1. The highest BCUT2D eigenvalue weighted by atomic mass is 35.5. The van der Waals surface area contributed by atoms with E-state index in [0.29, 0.717) is 29.4 Å². The second-order valence-corrected chi connectivity index (χ2v) is 5.54. The van der Waals surface area contributed by atoms with Crippen LogP contribution in [0.25, 0.3) is 0 Å². The van der Waals surface area contributed by atoms with Crippen LogP contribution < -0.4 is 0 Å². The standard InChI is InChI=1S/C17H20ClNO3/c1-4-19-11(3)16(17(21)22-5-2)13(10-15(19)20)12-8-6-7-9-14(12)18/h6-9,13H,4-5,10H2,1-3H3. The second-order valence-electron chi connectivity index (χ2n) is 5.14. The number of rotatable bonds is 4. The van der Waals surface area contributed by atoms with Gasteiger partial charge >= 0.3 is 5.97 Å². The number of esters is 1. The third-order valence-electron chi connectivity index (χ3n) is 3.92. The largest absolute Gasteiger partial charge is 0.463 e. The molecule has 0 spiro atoms. The van der Waals surface area contributed by atoms with Crippen LogP contribution in [0.2, 0.25) is 5.02 Å². The maximum Gasteiger partial charge on any atom is 0.336 e. The van der Waals surface area contributed by atoms with E-state index in [2.05, 4.69) is 0 Å². The monoisotopic (exact) mass is 321 g/mol. The molecule has 1 amide bonds. The maximum absolute atomic E-state index is 12.4. The molecule has 0 N–H and O–H groups in total. The summed E-state index contributed by atoms with van der Waals surface area (Å²) in [6, 6.07) is 7.31. The number of amides is 1. The van der Waals surface area contributed by atoms with Gasteiger partial charge in [0.2, 0.25) is 5.91 Å². The highest BCUT2D eigenvalue weighted by Crippen LogP contribution is 2.39. The summed E-state index contributed by atoms with van der Waals surface area (Å²) in [6.45, 7) is 6.27. The van der Waals surface area contributed by atoms with Crippen LogP contribution >= 0.6 is 11.6 Å². The normalized spacial score (nSPS) is 18.6. The summed E-state index contributed by atoms with van der Waals surface area (Å²) in [6.07, 6.45) is 0.225. The molecular weight excluding hydrogens is 302 g/mol. The molecule has 0 saturated heterocycles. The molecule has 5 heteroatoms.